The zero-order valence-electron chi connectivity index (χ0n) is 14.0. The third-order valence-electron chi connectivity index (χ3n) is 3.66. The van der Waals surface area contributed by atoms with Gasteiger partial charge in [-0.15, -0.1) is 0 Å². The van der Waals surface area contributed by atoms with E-state index < -0.39 is 0 Å². The Bertz CT molecular complexity index is 408. The molecule has 0 heterocycles. The van der Waals surface area contributed by atoms with E-state index in [4.69, 9.17) is 4.74 Å². The lowest BCUT2D eigenvalue weighted by Crippen LogP contribution is -2.43. The van der Waals surface area contributed by atoms with E-state index in [0.717, 1.165) is 18.7 Å². The van der Waals surface area contributed by atoms with E-state index >= 15 is 0 Å². The summed E-state index contributed by atoms with van der Waals surface area (Å²) >= 11 is 0. The number of benzene rings is 1. The van der Waals surface area contributed by atoms with Crippen LogP contribution < -0.4 is 10.1 Å². The van der Waals surface area contributed by atoms with E-state index in [0.29, 0.717) is 0 Å². The van der Waals surface area contributed by atoms with Crippen molar-refractivity contribution < 1.29 is 4.74 Å². The molecule has 0 aliphatic carbocycles. The quantitative estimate of drug-likeness (QED) is 0.796. The number of rotatable bonds is 7. The van der Waals surface area contributed by atoms with E-state index in [2.05, 4.69) is 58.1 Å². The fourth-order valence-electron chi connectivity index (χ4n) is 2.60. The highest BCUT2D eigenvalue weighted by molar-refractivity contribution is 5.29. The molecule has 2 nitrogen and oxygen atoms in total. The average molecular weight is 277 g/mol. The van der Waals surface area contributed by atoms with Gasteiger partial charge >= 0.3 is 0 Å². The first-order valence-electron chi connectivity index (χ1n) is 7.66. The molecule has 1 rings (SSSR count). The maximum Gasteiger partial charge on any atom is 0.119 e. The van der Waals surface area contributed by atoms with Gasteiger partial charge in [0.1, 0.15) is 5.75 Å². The van der Waals surface area contributed by atoms with E-state index in [-0.39, 0.29) is 11.0 Å². The minimum Gasteiger partial charge on any atom is -0.497 e. The molecule has 0 amide bonds. The van der Waals surface area contributed by atoms with E-state index in [1.165, 1.54) is 18.4 Å². The summed E-state index contributed by atoms with van der Waals surface area (Å²) in [6, 6.07) is 8.45. The lowest BCUT2D eigenvalue weighted by atomic mass is 9.79. The molecular weight excluding hydrogens is 246 g/mol. The highest BCUT2D eigenvalue weighted by Crippen LogP contribution is 2.29. The van der Waals surface area contributed by atoms with Crippen LogP contribution in [0.15, 0.2) is 24.3 Å². The summed E-state index contributed by atoms with van der Waals surface area (Å²) in [6.07, 6.45) is 3.53. The topological polar surface area (TPSA) is 21.3 Å². The van der Waals surface area contributed by atoms with Crippen LogP contribution in [0.3, 0.4) is 0 Å². The molecule has 114 valence electrons. The summed E-state index contributed by atoms with van der Waals surface area (Å²) in [5.41, 5.74) is 1.81. The van der Waals surface area contributed by atoms with Crippen molar-refractivity contribution in [3.05, 3.63) is 29.8 Å². The Kier molecular flexibility index (Phi) is 6.07. The van der Waals surface area contributed by atoms with Gasteiger partial charge in [0.15, 0.2) is 0 Å². The van der Waals surface area contributed by atoms with Crippen LogP contribution in [0.5, 0.6) is 5.75 Å². The minimum atomic E-state index is 0.170. The summed E-state index contributed by atoms with van der Waals surface area (Å²) in [6.45, 7) is 12.4. The second-order valence-electron chi connectivity index (χ2n) is 7.19. The molecule has 0 spiro atoms. The normalized spacial score (nSPS) is 14.9. The van der Waals surface area contributed by atoms with Gasteiger partial charge in [0, 0.05) is 12.1 Å². The average Bonchev–Trinajstić information content (AvgIpc) is 2.36. The molecule has 0 fully saturated rings. The smallest absolute Gasteiger partial charge is 0.119 e. The first kappa shape index (κ1) is 17.0. The monoisotopic (exact) mass is 277 g/mol. The van der Waals surface area contributed by atoms with Gasteiger partial charge in [0.2, 0.25) is 0 Å². The Morgan fingerprint density at radius 1 is 1.15 bits per heavy atom. The van der Waals surface area contributed by atoms with Crippen molar-refractivity contribution in [1.29, 1.82) is 0 Å². The number of hydrogen-bond donors (Lipinski definition) is 1. The van der Waals surface area contributed by atoms with Gasteiger partial charge in [-0.3, -0.25) is 0 Å². The first-order chi connectivity index (χ1) is 9.28. The maximum atomic E-state index is 5.33. The molecule has 20 heavy (non-hydrogen) atoms. The van der Waals surface area contributed by atoms with E-state index in [9.17, 15) is 0 Å². The Morgan fingerprint density at radius 2 is 1.85 bits per heavy atom. The van der Waals surface area contributed by atoms with Crippen molar-refractivity contribution in [3.63, 3.8) is 0 Å². The molecule has 1 atom stereocenters. The van der Waals surface area contributed by atoms with Gasteiger partial charge in [-0.25, -0.2) is 0 Å². The lowest BCUT2D eigenvalue weighted by molar-refractivity contribution is 0.243. The number of hydrogen-bond acceptors (Lipinski definition) is 2. The van der Waals surface area contributed by atoms with Crippen LogP contribution in [0.2, 0.25) is 0 Å². The van der Waals surface area contributed by atoms with Crippen LogP contribution in [-0.4, -0.2) is 19.2 Å². The second kappa shape index (κ2) is 7.12. The molecular formula is C18H31NO. The Morgan fingerprint density at radius 3 is 2.40 bits per heavy atom. The lowest BCUT2D eigenvalue weighted by Gasteiger charge is -2.34. The van der Waals surface area contributed by atoms with E-state index in [1.54, 1.807) is 7.11 Å². The van der Waals surface area contributed by atoms with E-state index in [1.807, 2.05) is 6.07 Å². The Balaban J connectivity index is 2.78. The molecule has 0 aliphatic heterocycles. The van der Waals surface area contributed by atoms with Crippen molar-refractivity contribution >= 4 is 0 Å². The molecule has 0 aromatic heterocycles. The summed E-state index contributed by atoms with van der Waals surface area (Å²) in [5.74, 6) is 0.949. The molecule has 0 saturated heterocycles. The second-order valence-corrected chi connectivity index (χ2v) is 7.19. The van der Waals surface area contributed by atoms with Crippen LogP contribution in [0.4, 0.5) is 0 Å². The summed E-state index contributed by atoms with van der Waals surface area (Å²) in [5, 5.41) is 3.66. The van der Waals surface area contributed by atoms with Crippen LogP contribution in [0.25, 0.3) is 0 Å². The Hall–Kier alpha value is -1.02. The number of ether oxygens (including phenoxy) is 1. The van der Waals surface area contributed by atoms with Crippen molar-refractivity contribution in [2.24, 2.45) is 5.41 Å². The summed E-state index contributed by atoms with van der Waals surface area (Å²) < 4.78 is 5.33. The third-order valence-corrected chi connectivity index (χ3v) is 3.66. The van der Waals surface area contributed by atoms with Gasteiger partial charge in [0.05, 0.1) is 7.11 Å². The summed E-state index contributed by atoms with van der Waals surface area (Å²) in [7, 11) is 1.73. The maximum absolute atomic E-state index is 5.33. The number of methoxy groups -OCH3 is 1. The van der Waals surface area contributed by atoms with Crippen LogP contribution >= 0.6 is 0 Å². The fourth-order valence-corrected chi connectivity index (χ4v) is 2.60. The Labute approximate surface area is 124 Å². The highest BCUT2D eigenvalue weighted by atomic mass is 16.5. The van der Waals surface area contributed by atoms with Crippen molar-refractivity contribution in [2.45, 2.75) is 59.4 Å². The molecule has 0 radical (unpaired) electrons. The molecule has 1 aromatic rings. The van der Waals surface area contributed by atoms with Gasteiger partial charge in [0.25, 0.3) is 0 Å². The SMILES string of the molecule is CCCC(C)(CNC(C)(C)C)Cc1cccc(OC)c1. The third kappa shape index (κ3) is 5.96. The van der Waals surface area contributed by atoms with Crippen LogP contribution in [-0.2, 0) is 6.42 Å². The highest BCUT2D eigenvalue weighted by Gasteiger charge is 2.25. The van der Waals surface area contributed by atoms with Crippen molar-refractivity contribution in [1.82, 2.24) is 5.32 Å². The largest absolute Gasteiger partial charge is 0.497 e. The van der Waals surface area contributed by atoms with Gasteiger partial charge in [-0.2, -0.15) is 0 Å². The standard InChI is InChI=1S/C18H31NO/c1-7-11-18(5,14-19-17(2,3)4)13-15-9-8-10-16(12-15)20-6/h8-10,12,19H,7,11,13-14H2,1-6H3. The fraction of sp³-hybridized carbons (Fsp3) is 0.667. The van der Waals surface area contributed by atoms with Gasteiger partial charge in [-0.05, 0) is 56.7 Å². The molecule has 2 heteroatoms. The molecule has 1 aromatic carbocycles. The van der Waals surface area contributed by atoms with Crippen LogP contribution in [0.1, 0.15) is 53.0 Å². The van der Waals surface area contributed by atoms with Crippen molar-refractivity contribution in [2.75, 3.05) is 13.7 Å². The van der Waals surface area contributed by atoms with Crippen molar-refractivity contribution in [3.8, 4) is 5.75 Å². The predicted octanol–water partition coefficient (Wildman–Crippen LogP) is 4.43. The molecule has 0 bridgehead atoms. The zero-order valence-corrected chi connectivity index (χ0v) is 14.0. The molecule has 0 aliphatic rings. The minimum absolute atomic E-state index is 0.170. The molecule has 1 N–H and O–H groups in total. The predicted molar refractivity (Wildman–Crippen MR) is 87.5 cm³/mol. The first-order valence-corrected chi connectivity index (χ1v) is 7.66. The molecule has 1 unspecified atom stereocenters. The molecule has 0 saturated carbocycles. The zero-order chi connectivity index (χ0) is 15.2. The summed E-state index contributed by atoms with van der Waals surface area (Å²) in [4.78, 5) is 0. The van der Waals surface area contributed by atoms with Gasteiger partial charge in [-0.1, -0.05) is 32.4 Å². The van der Waals surface area contributed by atoms with Gasteiger partial charge < -0.3 is 10.1 Å². The van der Waals surface area contributed by atoms with Crippen LogP contribution in [0, 0.1) is 5.41 Å². The number of nitrogens with one attached hydrogen (secondary N) is 1.